The van der Waals surface area contributed by atoms with Crippen molar-refractivity contribution >= 4 is 11.8 Å². The second-order valence-corrected chi connectivity index (χ2v) is 4.68. The molecule has 1 aromatic heterocycles. The fourth-order valence-electron chi connectivity index (χ4n) is 2.45. The van der Waals surface area contributed by atoms with Crippen molar-refractivity contribution in [3.8, 4) is 6.07 Å². The number of piperazine rings is 1. The highest BCUT2D eigenvalue weighted by atomic mass is 16.4. The molecule has 1 aliphatic heterocycles. The summed E-state index contributed by atoms with van der Waals surface area (Å²) in [7, 11) is 1.83. The van der Waals surface area contributed by atoms with Gasteiger partial charge in [-0.1, -0.05) is 0 Å². The zero-order valence-electron chi connectivity index (χ0n) is 11.1. The van der Waals surface area contributed by atoms with Gasteiger partial charge in [-0.25, -0.2) is 0 Å². The Bertz CT molecular complexity index is 523. The fourth-order valence-corrected chi connectivity index (χ4v) is 2.45. The number of aryl methyl sites for hydroxylation is 2. The number of nitriles is 1. The van der Waals surface area contributed by atoms with Crippen LogP contribution >= 0.6 is 0 Å². The highest BCUT2D eigenvalue weighted by Crippen LogP contribution is 2.23. The first-order valence-electron chi connectivity index (χ1n) is 6.15. The van der Waals surface area contributed by atoms with E-state index in [1.54, 1.807) is 4.68 Å². The minimum Gasteiger partial charge on any atom is -0.480 e. The highest BCUT2D eigenvalue weighted by Gasteiger charge is 2.24. The summed E-state index contributed by atoms with van der Waals surface area (Å²) in [6.45, 7) is 4.68. The fraction of sp³-hybridized carbons (Fsp3) is 0.583. The van der Waals surface area contributed by atoms with Crippen LogP contribution in [0.4, 0.5) is 5.82 Å². The van der Waals surface area contributed by atoms with Gasteiger partial charge in [-0.15, -0.1) is 0 Å². The summed E-state index contributed by atoms with van der Waals surface area (Å²) < 4.78 is 1.72. The van der Waals surface area contributed by atoms with Gasteiger partial charge in [0.2, 0.25) is 0 Å². The van der Waals surface area contributed by atoms with Crippen LogP contribution in [0.1, 0.15) is 11.3 Å². The number of carboxylic acids is 1. The molecule has 0 saturated carbocycles. The summed E-state index contributed by atoms with van der Waals surface area (Å²) in [6, 6.07) is 2.19. The van der Waals surface area contributed by atoms with Crippen LogP contribution in [0.5, 0.6) is 0 Å². The Kier molecular flexibility index (Phi) is 3.71. The van der Waals surface area contributed by atoms with Gasteiger partial charge in [-0.3, -0.25) is 14.4 Å². The second kappa shape index (κ2) is 5.28. The molecule has 2 rings (SSSR count). The van der Waals surface area contributed by atoms with Crippen molar-refractivity contribution in [3.05, 3.63) is 11.3 Å². The average molecular weight is 263 g/mol. The molecule has 102 valence electrons. The Labute approximate surface area is 111 Å². The van der Waals surface area contributed by atoms with Crippen LogP contribution in [0.3, 0.4) is 0 Å². The molecule has 0 unspecified atom stereocenters. The number of aliphatic carboxylic acids is 1. The molecule has 0 amide bonds. The van der Waals surface area contributed by atoms with Crippen molar-refractivity contribution in [1.82, 2.24) is 14.7 Å². The topological polar surface area (TPSA) is 85.4 Å². The molecule has 2 heterocycles. The van der Waals surface area contributed by atoms with Crippen LogP contribution in [0.2, 0.25) is 0 Å². The number of hydrogen-bond donors (Lipinski definition) is 1. The van der Waals surface area contributed by atoms with Crippen molar-refractivity contribution in [2.45, 2.75) is 6.92 Å². The van der Waals surface area contributed by atoms with E-state index in [1.807, 2.05) is 18.9 Å². The molecule has 0 atom stereocenters. The first kappa shape index (κ1) is 13.4. The second-order valence-electron chi connectivity index (χ2n) is 4.68. The van der Waals surface area contributed by atoms with Crippen LogP contribution in [-0.4, -0.2) is 58.5 Å². The number of carboxylic acid groups (broad SMARTS) is 1. The highest BCUT2D eigenvalue weighted by molar-refractivity contribution is 5.69. The van der Waals surface area contributed by atoms with E-state index in [9.17, 15) is 10.1 Å². The summed E-state index contributed by atoms with van der Waals surface area (Å²) in [4.78, 5) is 14.7. The lowest BCUT2D eigenvalue weighted by atomic mass is 10.2. The van der Waals surface area contributed by atoms with E-state index in [-0.39, 0.29) is 6.54 Å². The van der Waals surface area contributed by atoms with Crippen molar-refractivity contribution in [3.63, 3.8) is 0 Å². The lowest BCUT2D eigenvalue weighted by molar-refractivity contribution is -0.138. The molecule has 1 saturated heterocycles. The first-order chi connectivity index (χ1) is 9.02. The Hall–Kier alpha value is -2.07. The van der Waals surface area contributed by atoms with E-state index in [0.717, 1.165) is 11.5 Å². The van der Waals surface area contributed by atoms with Crippen LogP contribution in [0, 0.1) is 18.3 Å². The molecule has 19 heavy (non-hydrogen) atoms. The third-order valence-corrected chi connectivity index (χ3v) is 3.33. The van der Waals surface area contributed by atoms with E-state index in [4.69, 9.17) is 5.11 Å². The molecule has 0 radical (unpaired) electrons. The number of anilines is 1. The van der Waals surface area contributed by atoms with Crippen molar-refractivity contribution < 1.29 is 9.90 Å². The third-order valence-electron chi connectivity index (χ3n) is 3.33. The lowest BCUT2D eigenvalue weighted by Crippen LogP contribution is -2.48. The Morgan fingerprint density at radius 1 is 1.42 bits per heavy atom. The van der Waals surface area contributed by atoms with E-state index >= 15 is 0 Å². The molecule has 1 aliphatic rings. The van der Waals surface area contributed by atoms with E-state index in [0.29, 0.717) is 31.7 Å². The van der Waals surface area contributed by atoms with Crippen LogP contribution < -0.4 is 4.90 Å². The maximum Gasteiger partial charge on any atom is 0.317 e. The maximum absolute atomic E-state index is 10.7. The van der Waals surface area contributed by atoms with Crippen LogP contribution in [0.25, 0.3) is 0 Å². The van der Waals surface area contributed by atoms with Gasteiger partial charge < -0.3 is 10.0 Å². The molecule has 1 fully saturated rings. The predicted octanol–water partition coefficient (Wildman–Crippen LogP) is -0.193. The number of rotatable bonds is 3. The minimum atomic E-state index is -0.803. The van der Waals surface area contributed by atoms with Crippen molar-refractivity contribution in [1.29, 1.82) is 5.26 Å². The number of nitrogens with zero attached hydrogens (tertiary/aromatic N) is 5. The number of aromatic nitrogens is 2. The molecule has 1 N–H and O–H groups in total. The van der Waals surface area contributed by atoms with Gasteiger partial charge in [0, 0.05) is 33.2 Å². The van der Waals surface area contributed by atoms with Gasteiger partial charge in [0.05, 0.1) is 12.2 Å². The molecule has 1 aromatic rings. The largest absolute Gasteiger partial charge is 0.480 e. The lowest BCUT2D eigenvalue weighted by Gasteiger charge is -2.35. The summed E-state index contributed by atoms with van der Waals surface area (Å²) in [5, 5.41) is 22.2. The Morgan fingerprint density at radius 2 is 2.05 bits per heavy atom. The third kappa shape index (κ3) is 2.69. The van der Waals surface area contributed by atoms with Gasteiger partial charge in [-0.2, -0.15) is 10.4 Å². The van der Waals surface area contributed by atoms with E-state index in [1.165, 1.54) is 0 Å². The van der Waals surface area contributed by atoms with E-state index in [2.05, 4.69) is 16.1 Å². The van der Waals surface area contributed by atoms with Gasteiger partial charge in [0.1, 0.15) is 17.5 Å². The Balaban J connectivity index is 2.10. The van der Waals surface area contributed by atoms with Crippen molar-refractivity contribution in [2.75, 3.05) is 37.6 Å². The quantitative estimate of drug-likeness (QED) is 0.813. The summed E-state index contributed by atoms with van der Waals surface area (Å²) in [5.74, 6) is 0.0255. The van der Waals surface area contributed by atoms with E-state index < -0.39 is 5.97 Å². The molecule has 0 aromatic carbocycles. The van der Waals surface area contributed by atoms with Gasteiger partial charge in [0.25, 0.3) is 0 Å². The van der Waals surface area contributed by atoms with Crippen LogP contribution in [-0.2, 0) is 11.8 Å². The van der Waals surface area contributed by atoms with Crippen molar-refractivity contribution in [2.24, 2.45) is 7.05 Å². The molecule has 0 aliphatic carbocycles. The smallest absolute Gasteiger partial charge is 0.317 e. The molecule has 0 bridgehead atoms. The first-order valence-corrected chi connectivity index (χ1v) is 6.15. The zero-order valence-corrected chi connectivity index (χ0v) is 11.1. The molecule has 7 nitrogen and oxygen atoms in total. The Morgan fingerprint density at radius 3 is 2.58 bits per heavy atom. The van der Waals surface area contributed by atoms with Gasteiger partial charge >= 0.3 is 5.97 Å². The summed E-state index contributed by atoms with van der Waals surface area (Å²) in [5.41, 5.74) is 1.34. The minimum absolute atomic E-state index is 0.0728. The molecular formula is C12H17N5O2. The predicted molar refractivity (Wildman–Crippen MR) is 68.9 cm³/mol. The summed E-state index contributed by atoms with van der Waals surface area (Å²) >= 11 is 0. The number of carbonyl (C=O) groups is 1. The average Bonchev–Trinajstić information content (AvgIpc) is 2.64. The normalized spacial score (nSPS) is 16.4. The van der Waals surface area contributed by atoms with Gasteiger partial charge in [-0.05, 0) is 6.92 Å². The van der Waals surface area contributed by atoms with Crippen LogP contribution in [0.15, 0.2) is 0 Å². The monoisotopic (exact) mass is 263 g/mol. The van der Waals surface area contributed by atoms with Gasteiger partial charge in [0.15, 0.2) is 0 Å². The zero-order chi connectivity index (χ0) is 14.0. The maximum atomic E-state index is 10.7. The number of hydrogen-bond acceptors (Lipinski definition) is 5. The SMILES string of the molecule is Cc1nn(C)c(N2CCN(CC(=O)O)CC2)c1C#N. The molecule has 0 spiro atoms. The standard InChI is InChI=1S/C12H17N5O2/c1-9-10(7-13)12(15(2)14-9)17-5-3-16(4-6-17)8-11(18)19/h3-6,8H2,1-2H3,(H,18,19). The molecular weight excluding hydrogens is 246 g/mol. The molecule has 7 heteroatoms. The summed E-state index contributed by atoms with van der Waals surface area (Å²) in [6.07, 6.45) is 0.